The monoisotopic (exact) mass is 324 g/mol. The molecular weight excluding hydrogens is 300 g/mol. The van der Waals surface area contributed by atoms with Crippen LogP contribution in [0.25, 0.3) is 0 Å². The van der Waals surface area contributed by atoms with Gasteiger partial charge in [0.15, 0.2) is 5.78 Å². The largest absolute Gasteiger partial charge is 0.495 e. The van der Waals surface area contributed by atoms with Gasteiger partial charge in [0, 0.05) is 18.7 Å². The van der Waals surface area contributed by atoms with Crippen LogP contribution in [0.4, 0.5) is 5.69 Å². The lowest BCUT2D eigenvalue weighted by atomic mass is 9.94. The molecule has 0 spiro atoms. The van der Waals surface area contributed by atoms with Crippen LogP contribution in [0.5, 0.6) is 5.75 Å². The molecule has 0 bridgehead atoms. The number of nitrogen functional groups attached to an aromatic ring is 1. The highest BCUT2D eigenvalue weighted by Gasteiger charge is 2.28. The highest BCUT2D eigenvalue weighted by atomic mass is 16.5. The highest BCUT2D eigenvalue weighted by molar-refractivity contribution is 6.01. The van der Waals surface area contributed by atoms with Crippen molar-refractivity contribution in [3.8, 4) is 5.75 Å². The SMILES string of the molecule is CCC(C(=O)c1ccc(OC)c(N)c1)N1CCc2ccccc2C1. The predicted octanol–water partition coefficient (Wildman–Crippen LogP) is 3.30. The molecule has 4 heteroatoms. The molecular formula is C20H24N2O2. The summed E-state index contributed by atoms with van der Waals surface area (Å²) in [4.78, 5) is 15.3. The molecule has 24 heavy (non-hydrogen) atoms. The van der Waals surface area contributed by atoms with E-state index in [1.54, 1.807) is 25.3 Å². The van der Waals surface area contributed by atoms with Gasteiger partial charge in [-0.15, -0.1) is 0 Å². The molecule has 0 aliphatic carbocycles. The third-order valence-electron chi connectivity index (χ3n) is 4.80. The number of fused-ring (bicyclic) bond motifs is 1. The number of anilines is 1. The van der Waals surface area contributed by atoms with Crippen LogP contribution in [-0.2, 0) is 13.0 Å². The van der Waals surface area contributed by atoms with Crippen LogP contribution in [-0.4, -0.2) is 30.4 Å². The lowest BCUT2D eigenvalue weighted by Crippen LogP contribution is -2.43. The van der Waals surface area contributed by atoms with Gasteiger partial charge < -0.3 is 10.5 Å². The summed E-state index contributed by atoms with van der Waals surface area (Å²) in [5.41, 5.74) is 9.83. The second kappa shape index (κ2) is 7.05. The second-order valence-corrected chi connectivity index (χ2v) is 6.23. The van der Waals surface area contributed by atoms with Crippen LogP contribution < -0.4 is 10.5 Å². The summed E-state index contributed by atoms with van der Waals surface area (Å²) in [6, 6.07) is 13.7. The lowest BCUT2D eigenvalue weighted by Gasteiger charge is -2.34. The van der Waals surface area contributed by atoms with E-state index in [1.165, 1.54) is 11.1 Å². The number of carbonyl (C=O) groups is 1. The van der Waals surface area contributed by atoms with Crippen LogP contribution in [0.3, 0.4) is 0 Å². The molecule has 1 heterocycles. The Balaban J connectivity index is 1.81. The molecule has 1 atom stereocenters. The van der Waals surface area contributed by atoms with Gasteiger partial charge in [0.05, 0.1) is 18.8 Å². The van der Waals surface area contributed by atoms with Gasteiger partial charge in [-0.3, -0.25) is 9.69 Å². The normalized spacial score (nSPS) is 15.6. The van der Waals surface area contributed by atoms with E-state index in [0.717, 1.165) is 25.9 Å². The van der Waals surface area contributed by atoms with Gasteiger partial charge in [-0.1, -0.05) is 31.2 Å². The zero-order valence-corrected chi connectivity index (χ0v) is 14.3. The minimum Gasteiger partial charge on any atom is -0.495 e. The van der Waals surface area contributed by atoms with Crippen molar-refractivity contribution in [3.63, 3.8) is 0 Å². The fourth-order valence-corrected chi connectivity index (χ4v) is 3.47. The Labute approximate surface area is 143 Å². The number of methoxy groups -OCH3 is 1. The topological polar surface area (TPSA) is 55.6 Å². The Morgan fingerprint density at radius 2 is 2.00 bits per heavy atom. The molecule has 4 nitrogen and oxygen atoms in total. The molecule has 2 aromatic carbocycles. The highest BCUT2D eigenvalue weighted by Crippen LogP contribution is 2.26. The molecule has 0 aromatic heterocycles. The predicted molar refractivity (Wildman–Crippen MR) is 96.4 cm³/mol. The van der Waals surface area contributed by atoms with E-state index in [2.05, 4.69) is 36.1 Å². The third kappa shape index (κ3) is 3.15. The molecule has 0 saturated carbocycles. The average molecular weight is 324 g/mol. The van der Waals surface area contributed by atoms with Crippen molar-refractivity contribution in [1.29, 1.82) is 0 Å². The Kier molecular flexibility index (Phi) is 4.86. The maximum atomic E-state index is 13.0. The smallest absolute Gasteiger partial charge is 0.180 e. The van der Waals surface area contributed by atoms with E-state index in [4.69, 9.17) is 10.5 Å². The zero-order valence-electron chi connectivity index (χ0n) is 14.3. The number of ether oxygens (including phenoxy) is 1. The molecule has 1 aliphatic heterocycles. The van der Waals surface area contributed by atoms with Crippen molar-refractivity contribution in [1.82, 2.24) is 4.90 Å². The molecule has 0 saturated heterocycles. The minimum absolute atomic E-state index is 0.119. The zero-order chi connectivity index (χ0) is 17.1. The summed E-state index contributed by atoms with van der Waals surface area (Å²) in [6.07, 6.45) is 1.78. The van der Waals surface area contributed by atoms with Crippen LogP contribution in [0.15, 0.2) is 42.5 Å². The van der Waals surface area contributed by atoms with Crippen molar-refractivity contribution in [2.75, 3.05) is 19.4 Å². The second-order valence-electron chi connectivity index (χ2n) is 6.23. The maximum Gasteiger partial charge on any atom is 0.180 e. The Morgan fingerprint density at radius 3 is 2.67 bits per heavy atom. The average Bonchev–Trinajstić information content (AvgIpc) is 2.62. The fourth-order valence-electron chi connectivity index (χ4n) is 3.47. The molecule has 3 rings (SSSR count). The van der Waals surface area contributed by atoms with Gasteiger partial charge >= 0.3 is 0 Å². The van der Waals surface area contributed by atoms with Gasteiger partial charge in [-0.2, -0.15) is 0 Å². The van der Waals surface area contributed by atoms with Gasteiger partial charge in [0.1, 0.15) is 5.75 Å². The first-order valence-corrected chi connectivity index (χ1v) is 8.42. The number of hydrogen-bond acceptors (Lipinski definition) is 4. The van der Waals surface area contributed by atoms with Gasteiger partial charge in [0.25, 0.3) is 0 Å². The van der Waals surface area contributed by atoms with E-state index in [9.17, 15) is 4.79 Å². The molecule has 126 valence electrons. The van der Waals surface area contributed by atoms with E-state index in [0.29, 0.717) is 17.0 Å². The molecule has 0 radical (unpaired) electrons. The van der Waals surface area contributed by atoms with Gasteiger partial charge in [0.2, 0.25) is 0 Å². The summed E-state index contributed by atoms with van der Waals surface area (Å²) in [7, 11) is 1.58. The summed E-state index contributed by atoms with van der Waals surface area (Å²) in [5, 5.41) is 0. The first-order valence-electron chi connectivity index (χ1n) is 8.42. The maximum absolute atomic E-state index is 13.0. The molecule has 1 unspecified atom stereocenters. The first-order chi connectivity index (χ1) is 11.6. The quantitative estimate of drug-likeness (QED) is 0.677. The van der Waals surface area contributed by atoms with Crippen molar-refractivity contribution < 1.29 is 9.53 Å². The number of benzene rings is 2. The van der Waals surface area contributed by atoms with Crippen molar-refractivity contribution in [2.45, 2.75) is 32.4 Å². The fraction of sp³-hybridized carbons (Fsp3) is 0.350. The van der Waals surface area contributed by atoms with Gasteiger partial charge in [-0.05, 0) is 42.2 Å². The first kappa shape index (κ1) is 16.5. The van der Waals surface area contributed by atoms with Crippen molar-refractivity contribution >= 4 is 11.5 Å². The van der Waals surface area contributed by atoms with Crippen LogP contribution in [0.2, 0.25) is 0 Å². The van der Waals surface area contributed by atoms with Gasteiger partial charge in [-0.25, -0.2) is 0 Å². The van der Waals surface area contributed by atoms with Crippen LogP contribution in [0.1, 0.15) is 34.8 Å². The van der Waals surface area contributed by atoms with E-state index < -0.39 is 0 Å². The third-order valence-corrected chi connectivity index (χ3v) is 4.80. The van der Waals surface area contributed by atoms with Crippen molar-refractivity contribution in [3.05, 3.63) is 59.2 Å². The van der Waals surface area contributed by atoms with E-state index in [-0.39, 0.29) is 11.8 Å². The number of rotatable bonds is 5. The molecule has 1 aliphatic rings. The number of hydrogen-bond donors (Lipinski definition) is 1. The standard InChI is InChI=1S/C20H24N2O2/c1-3-18(20(23)15-8-9-19(24-2)17(21)12-15)22-11-10-14-6-4-5-7-16(14)13-22/h4-9,12,18H,3,10-11,13,21H2,1-2H3. The Morgan fingerprint density at radius 1 is 1.25 bits per heavy atom. The number of nitrogens with two attached hydrogens (primary N) is 1. The van der Waals surface area contributed by atoms with Crippen LogP contribution in [0, 0.1) is 0 Å². The molecule has 0 amide bonds. The van der Waals surface area contributed by atoms with Crippen molar-refractivity contribution in [2.24, 2.45) is 0 Å². The summed E-state index contributed by atoms with van der Waals surface area (Å²) in [5.74, 6) is 0.734. The number of nitrogens with zero attached hydrogens (tertiary/aromatic N) is 1. The van der Waals surface area contributed by atoms with Crippen LogP contribution >= 0.6 is 0 Å². The molecule has 0 fully saturated rings. The minimum atomic E-state index is -0.119. The summed E-state index contributed by atoms with van der Waals surface area (Å²) in [6.45, 7) is 3.80. The summed E-state index contributed by atoms with van der Waals surface area (Å²) < 4.78 is 5.18. The number of Topliss-reactive ketones (excluding diaryl/α,β-unsaturated/α-hetero) is 1. The Bertz CT molecular complexity index is 742. The number of carbonyl (C=O) groups excluding carboxylic acids is 1. The number of ketones is 1. The van der Waals surface area contributed by atoms with E-state index >= 15 is 0 Å². The molecule has 2 N–H and O–H groups in total. The van der Waals surface area contributed by atoms with E-state index in [1.807, 2.05) is 0 Å². The molecule has 2 aromatic rings. The summed E-state index contributed by atoms with van der Waals surface area (Å²) >= 11 is 0. The lowest BCUT2D eigenvalue weighted by molar-refractivity contribution is 0.0789. The Hall–Kier alpha value is -2.33.